The number of carboxylic acids is 1. The van der Waals surface area contributed by atoms with Crippen molar-refractivity contribution in [3.8, 4) is 0 Å². The van der Waals surface area contributed by atoms with Crippen LogP contribution in [0, 0.1) is 0 Å². The van der Waals surface area contributed by atoms with E-state index >= 15 is 0 Å². The lowest BCUT2D eigenvalue weighted by Crippen LogP contribution is -2.30. The molecule has 1 fully saturated rings. The Labute approximate surface area is 133 Å². The molecule has 5 heteroatoms. The third-order valence-corrected chi connectivity index (χ3v) is 4.39. The predicted molar refractivity (Wildman–Crippen MR) is 83.9 cm³/mol. The minimum Gasteiger partial charge on any atom is -0.481 e. The highest BCUT2D eigenvalue weighted by atomic mass is 79.9. The van der Waals surface area contributed by atoms with E-state index in [9.17, 15) is 9.59 Å². The molecule has 0 aliphatic carbocycles. The number of rotatable bonds is 6. The first-order valence-electron chi connectivity index (χ1n) is 7.34. The Morgan fingerprint density at radius 3 is 2.52 bits per heavy atom. The van der Waals surface area contributed by atoms with Crippen LogP contribution in [-0.2, 0) is 9.59 Å². The van der Waals surface area contributed by atoms with Gasteiger partial charge in [0.2, 0.25) is 5.91 Å². The summed E-state index contributed by atoms with van der Waals surface area (Å²) in [6.45, 7) is 0.804. The number of carboxylic acid groups (broad SMARTS) is 1. The van der Waals surface area contributed by atoms with E-state index in [1.807, 2.05) is 17.0 Å². The first-order valence-corrected chi connectivity index (χ1v) is 8.14. The van der Waals surface area contributed by atoms with Crippen molar-refractivity contribution < 1.29 is 14.7 Å². The lowest BCUT2D eigenvalue weighted by atomic mass is 10.0. The van der Waals surface area contributed by atoms with Crippen molar-refractivity contribution in [3.05, 3.63) is 34.3 Å². The fourth-order valence-corrected chi connectivity index (χ4v) is 3.06. The van der Waals surface area contributed by atoms with E-state index in [2.05, 4.69) is 28.1 Å². The number of nitrogens with zero attached hydrogens (tertiary/aromatic N) is 1. The maximum absolute atomic E-state index is 12.3. The Kier molecular flexibility index (Phi) is 5.79. The van der Waals surface area contributed by atoms with Crippen molar-refractivity contribution in [2.24, 2.45) is 0 Å². The number of aliphatic carboxylic acids is 1. The molecule has 0 spiro atoms. The van der Waals surface area contributed by atoms with E-state index in [0.29, 0.717) is 19.3 Å². The molecule has 1 atom stereocenters. The van der Waals surface area contributed by atoms with Gasteiger partial charge in [0.05, 0.1) is 6.04 Å². The highest BCUT2D eigenvalue weighted by Crippen LogP contribution is 2.33. The molecule has 114 valence electrons. The molecule has 1 heterocycles. The zero-order valence-corrected chi connectivity index (χ0v) is 13.5. The fourth-order valence-electron chi connectivity index (χ4n) is 2.79. The number of hydrogen-bond acceptors (Lipinski definition) is 2. The van der Waals surface area contributed by atoms with Crippen molar-refractivity contribution in [3.63, 3.8) is 0 Å². The Balaban J connectivity index is 1.90. The van der Waals surface area contributed by atoms with Gasteiger partial charge in [0.25, 0.3) is 0 Å². The Bertz CT molecular complexity index is 501. The molecule has 1 aliphatic rings. The summed E-state index contributed by atoms with van der Waals surface area (Å²) in [5.74, 6) is -0.651. The summed E-state index contributed by atoms with van der Waals surface area (Å²) >= 11 is 3.42. The van der Waals surface area contributed by atoms with Crippen molar-refractivity contribution >= 4 is 27.8 Å². The molecule has 1 saturated heterocycles. The van der Waals surface area contributed by atoms with Crippen LogP contribution in [-0.4, -0.2) is 28.4 Å². The van der Waals surface area contributed by atoms with Crippen molar-refractivity contribution in [1.82, 2.24) is 4.90 Å². The van der Waals surface area contributed by atoms with Gasteiger partial charge in [-0.15, -0.1) is 0 Å². The zero-order valence-electron chi connectivity index (χ0n) is 11.9. The van der Waals surface area contributed by atoms with Crippen LogP contribution < -0.4 is 0 Å². The van der Waals surface area contributed by atoms with Crippen LogP contribution in [0.5, 0.6) is 0 Å². The Hall–Kier alpha value is -1.36. The quantitative estimate of drug-likeness (QED) is 0.792. The first-order chi connectivity index (χ1) is 10.1. The molecule has 1 unspecified atom stereocenters. The van der Waals surface area contributed by atoms with Crippen LogP contribution in [0.4, 0.5) is 0 Å². The molecule has 0 saturated carbocycles. The predicted octanol–water partition coefficient (Wildman–Crippen LogP) is 3.76. The van der Waals surface area contributed by atoms with Crippen LogP contribution >= 0.6 is 15.9 Å². The van der Waals surface area contributed by atoms with Crippen LogP contribution in [0.25, 0.3) is 0 Å². The number of unbranched alkanes of at least 4 members (excludes halogenated alkanes) is 1. The van der Waals surface area contributed by atoms with Gasteiger partial charge in [-0.3, -0.25) is 9.59 Å². The molecule has 0 bridgehead atoms. The number of benzene rings is 1. The molecular formula is C16H20BrNO3. The number of likely N-dealkylation sites (tertiary alicyclic amines) is 1. The van der Waals surface area contributed by atoms with Crippen molar-refractivity contribution in [1.29, 1.82) is 0 Å². The van der Waals surface area contributed by atoms with Gasteiger partial charge in [-0.2, -0.15) is 0 Å². The lowest BCUT2D eigenvalue weighted by molar-refractivity contribution is -0.137. The largest absolute Gasteiger partial charge is 0.481 e. The lowest BCUT2D eigenvalue weighted by Gasteiger charge is -2.25. The summed E-state index contributed by atoms with van der Waals surface area (Å²) in [6.07, 6.45) is 3.83. The van der Waals surface area contributed by atoms with Crippen molar-refractivity contribution in [2.75, 3.05) is 6.54 Å². The molecule has 2 rings (SSSR count). The molecule has 1 amide bonds. The second kappa shape index (κ2) is 7.59. The van der Waals surface area contributed by atoms with Crippen LogP contribution in [0.3, 0.4) is 0 Å². The molecule has 1 aliphatic heterocycles. The Morgan fingerprint density at radius 1 is 1.19 bits per heavy atom. The fraction of sp³-hybridized carbons (Fsp3) is 0.500. The minimum atomic E-state index is -0.795. The van der Waals surface area contributed by atoms with Gasteiger partial charge >= 0.3 is 5.97 Å². The summed E-state index contributed by atoms with van der Waals surface area (Å²) in [7, 11) is 0. The van der Waals surface area contributed by atoms with Crippen LogP contribution in [0.1, 0.15) is 50.1 Å². The average molecular weight is 354 g/mol. The van der Waals surface area contributed by atoms with E-state index in [-0.39, 0.29) is 18.4 Å². The van der Waals surface area contributed by atoms with Crippen LogP contribution in [0.2, 0.25) is 0 Å². The summed E-state index contributed by atoms with van der Waals surface area (Å²) in [4.78, 5) is 24.7. The van der Waals surface area contributed by atoms with Gasteiger partial charge in [0.1, 0.15) is 0 Å². The highest BCUT2D eigenvalue weighted by Gasteiger charge is 2.29. The summed E-state index contributed by atoms with van der Waals surface area (Å²) in [5.41, 5.74) is 1.18. The van der Waals surface area contributed by atoms with E-state index < -0.39 is 5.97 Å². The maximum atomic E-state index is 12.3. The molecule has 1 aromatic carbocycles. The number of carbonyl (C=O) groups excluding carboxylic acids is 1. The van der Waals surface area contributed by atoms with Crippen molar-refractivity contribution in [2.45, 2.75) is 44.6 Å². The molecule has 0 aromatic heterocycles. The Morgan fingerprint density at radius 2 is 1.86 bits per heavy atom. The zero-order chi connectivity index (χ0) is 15.2. The highest BCUT2D eigenvalue weighted by molar-refractivity contribution is 9.10. The van der Waals surface area contributed by atoms with E-state index in [4.69, 9.17) is 5.11 Å². The third-order valence-electron chi connectivity index (χ3n) is 3.86. The van der Waals surface area contributed by atoms with Gasteiger partial charge in [-0.1, -0.05) is 28.1 Å². The van der Waals surface area contributed by atoms with Gasteiger partial charge in [0.15, 0.2) is 0 Å². The number of hydrogen-bond donors (Lipinski definition) is 1. The maximum Gasteiger partial charge on any atom is 0.303 e. The molecule has 1 aromatic rings. The van der Waals surface area contributed by atoms with E-state index in [0.717, 1.165) is 23.9 Å². The first kappa shape index (κ1) is 16.0. The number of halogens is 1. The topological polar surface area (TPSA) is 57.6 Å². The van der Waals surface area contributed by atoms with Gasteiger partial charge in [-0.25, -0.2) is 0 Å². The SMILES string of the molecule is O=C(O)CCCCC(=O)N1CCCC1c1ccc(Br)cc1. The van der Waals surface area contributed by atoms with E-state index in [1.54, 1.807) is 0 Å². The summed E-state index contributed by atoms with van der Waals surface area (Å²) < 4.78 is 1.04. The van der Waals surface area contributed by atoms with Gasteiger partial charge in [-0.05, 0) is 43.4 Å². The summed E-state index contributed by atoms with van der Waals surface area (Å²) in [5, 5.41) is 8.60. The number of amides is 1. The van der Waals surface area contributed by atoms with E-state index in [1.165, 1.54) is 5.56 Å². The third kappa shape index (κ3) is 4.56. The smallest absolute Gasteiger partial charge is 0.303 e. The standard InChI is InChI=1S/C16H20BrNO3/c17-13-9-7-12(8-10-13)14-4-3-11-18(14)15(19)5-1-2-6-16(20)21/h7-10,14H,1-6,11H2,(H,20,21). The normalized spacial score (nSPS) is 18.0. The molecule has 1 N–H and O–H groups in total. The molecule has 21 heavy (non-hydrogen) atoms. The molecular weight excluding hydrogens is 334 g/mol. The van der Waals surface area contributed by atoms with Gasteiger partial charge < -0.3 is 10.0 Å². The van der Waals surface area contributed by atoms with Gasteiger partial charge in [0, 0.05) is 23.9 Å². The molecule has 0 radical (unpaired) electrons. The monoisotopic (exact) mass is 353 g/mol. The van der Waals surface area contributed by atoms with Crippen LogP contribution in [0.15, 0.2) is 28.7 Å². The molecule has 4 nitrogen and oxygen atoms in total. The second-order valence-electron chi connectivity index (χ2n) is 5.40. The average Bonchev–Trinajstić information content (AvgIpc) is 2.93. The minimum absolute atomic E-state index is 0.142. The summed E-state index contributed by atoms with van der Waals surface area (Å²) in [6, 6.07) is 8.30. The number of carbonyl (C=O) groups is 2. The second-order valence-corrected chi connectivity index (χ2v) is 6.31.